The SMILES string of the molecule is C#C[C@@H](CC)[C@H](C(=C)NC(=O)C(C)(C)N(C)C)C(=O)N(C)[C@H](C[C@@H](O)c1nc(C(=O)O)cs1)C(C)C. The summed E-state index contributed by atoms with van der Waals surface area (Å²) in [6.45, 7) is 13.3. The first-order chi connectivity index (χ1) is 16.6. The van der Waals surface area contributed by atoms with Gasteiger partial charge in [0.25, 0.3) is 0 Å². The molecule has 0 aromatic carbocycles. The number of carbonyl (C=O) groups is 3. The molecule has 1 aromatic heterocycles. The van der Waals surface area contributed by atoms with Crippen molar-refractivity contribution in [2.24, 2.45) is 17.8 Å². The Morgan fingerprint density at radius 1 is 1.28 bits per heavy atom. The summed E-state index contributed by atoms with van der Waals surface area (Å²) in [6.07, 6.45) is 5.36. The predicted molar refractivity (Wildman–Crippen MR) is 141 cm³/mol. The molecule has 0 fully saturated rings. The number of carboxylic acids is 1. The molecule has 1 rings (SSSR count). The summed E-state index contributed by atoms with van der Waals surface area (Å²) in [5.41, 5.74) is -0.745. The minimum absolute atomic E-state index is 0.0467. The standard InChI is InChI=1S/C26H40N4O5S/c1-11-17(12-2)21(16(5)27-25(35)26(6,7)29(8)9)23(32)30(10)19(15(3)4)13-20(31)22-28-18(14-36-22)24(33)34/h1,14-15,17,19-21,31H,5,12-13H2,2-4,6-10H3,(H,27,35)(H,33,34)/t17-,19+,20+,21-/m0/s1. The van der Waals surface area contributed by atoms with Crippen LogP contribution in [0.15, 0.2) is 17.7 Å². The second-order valence-corrected chi connectivity index (χ2v) is 10.9. The number of hydrogen-bond acceptors (Lipinski definition) is 7. The molecule has 0 saturated heterocycles. The molecule has 0 radical (unpaired) electrons. The molecule has 0 aliphatic heterocycles. The van der Waals surface area contributed by atoms with Gasteiger partial charge in [0.1, 0.15) is 11.1 Å². The number of aromatic carboxylic acids is 1. The quantitative estimate of drug-likeness (QED) is 0.342. The second-order valence-electron chi connectivity index (χ2n) is 9.98. The van der Waals surface area contributed by atoms with E-state index in [2.05, 4.69) is 22.8 Å². The molecule has 0 spiro atoms. The molecule has 0 aliphatic rings. The highest BCUT2D eigenvalue weighted by molar-refractivity contribution is 7.09. The lowest BCUT2D eigenvalue weighted by Crippen LogP contribution is -2.53. The van der Waals surface area contributed by atoms with Gasteiger partial charge in [-0.25, -0.2) is 9.78 Å². The van der Waals surface area contributed by atoms with Gasteiger partial charge in [-0.2, -0.15) is 0 Å². The number of likely N-dealkylation sites (N-methyl/N-ethyl adjacent to an activating group) is 1. The van der Waals surface area contributed by atoms with Crippen LogP contribution in [-0.4, -0.2) is 75.5 Å². The van der Waals surface area contributed by atoms with Gasteiger partial charge in [0.15, 0.2) is 5.69 Å². The number of aliphatic hydroxyl groups excluding tert-OH is 1. The Morgan fingerprint density at radius 2 is 1.86 bits per heavy atom. The Kier molecular flexibility index (Phi) is 11.3. The molecule has 0 aliphatic carbocycles. The summed E-state index contributed by atoms with van der Waals surface area (Å²) in [5, 5.41) is 24.3. The van der Waals surface area contributed by atoms with Crippen molar-refractivity contribution in [2.75, 3.05) is 21.1 Å². The van der Waals surface area contributed by atoms with E-state index in [0.29, 0.717) is 6.42 Å². The molecule has 0 saturated carbocycles. The van der Waals surface area contributed by atoms with Crippen LogP contribution in [0.1, 0.15) is 69.1 Å². The highest BCUT2D eigenvalue weighted by Crippen LogP contribution is 2.30. The van der Waals surface area contributed by atoms with Gasteiger partial charge in [-0.15, -0.1) is 23.7 Å². The van der Waals surface area contributed by atoms with Gasteiger partial charge in [-0.3, -0.25) is 14.5 Å². The van der Waals surface area contributed by atoms with Crippen LogP contribution in [0.25, 0.3) is 0 Å². The maximum absolute atomic E-state index is 13.8. The minimum atomic E-state index is -1.17. The van der Waals surface area contributed by atoms with Gasteiger partial charge in [0.05, 0.1) is 11.5 Å². The third-order valence-electron chi connectivity index (χ3n) is 6.75. The van der Waals surface area contributed by atoms with Crippen LogP contribution in [0.2, 0.25) is 0 Å². The third kappa shape index (κ3) is 7.38. The fourth-order valence-corrected chi connectivity index (χ4v) is 4.51. The lowest BCUT2D eigenvalue weighted by molar-refractivity contribution is -0.138. The minimum Gasteiger partial charge on any atom is -0.476 e. The van der Waals surface area contributed by atoms with Gasteiger partial charge in [-0.1, -0.05) is 27.4 Å². The zero-order valence-corrected chi connectivity index (χ0v) is 23.3. The molecule has 0 unspecified atom stereocenters. The van der Waals surface area contributed by atoms with Gasteiger partial charge in [0.2, 0.25) is 11.8 Å². The number of carboxylic acid groups (broad SMARTS) is 1. The van der Waals surface area contributed by atoms with Crippen molar-refractivity contribution in [3.63, 3.8) is 0 Å². The van der Waals surface area contributed by atoms with Crippen molar-refractivity contribution >= 4 is 29.1 Å². The molecule has 4 atom stereocenters. The molecule has 1 aromatic rings. The predicted octanol–water partition coefficient (Wildman–Crippen LogP) is 2.99. The molecule has 0 bridgehead atoms. The molecule has 200 valence electrons. The Labute approximate surface area is 218 Å². The van der Waals surface area contributed by atoms with Crippen LogP contribution in [0.5, 0.6) is 0 Å². The summed E-state index contributed by atoms with van der Waals surface area (Å²) < 4.78 is 0. The number of nitrogens with zero attached hydrogens (tertiary/aromatic N) is 3. The number of terminal acetylenes is 1. The summed E-state index contributed by atoms with van der Waals surface area (Å²) in [4.78, 5) is 45.2. The van der Waals surface area contributed by atoms with Gasteiger partial charge < -0.3 is 20.4 Å². The summed E-state index contributed by atoms with van der Waals surface area (Å²) in [6, 6.07) is -0.413. The fraction of sp³-hybridized carbons (Fsp3) is 0.615. The molecular formula is C26H40N4O5S. The van der Waals surface area contributed by atoms with E-state index < -0.39 is 35.5 Å². The summed E-state index contributed by atoms with van der Waals surface area (Å²) in [7, 11) is 5.21. The Hall–Kier alpha value is -2.74. The van der Waals surface area contributed by atoms with Crippen LogP contribution < -0.4 is 5.32 Å². The second kappa shape index (κ2) is 13.0. The average molecular weight is 521 g/mol. The normalized spacial score (nSPS) is 15.1. The van der Waals surface area contributed by atoms with E-state index in [4.69, 9.17) is 11.5 Å². The van der Waals surface area contributed by atoms with Gasteiger partial charge >= 0.3 is 5.97 Å². The molecule has 10 heteroatoms. The van der Waals surface area contributed by atoms with Crippen LogP contribution in [0.3, 0.4) is 0 Å². The topological polar surface area (TPSA) is 123 Å². The van der Waals surface area contributed by atoms with E-state index in [0.717, 1.165) is 11.3 Å². The number of amides is 2. The number of aliphatic hydroxyl groups is 1. The Bertz CT molecular complexity index is 995. The Balaban J connectivity index is 3.22. The monoisotopic (exact) mass is 520 g/mol. The van der Waals surface area contributed by atoms with Crippen LogP contribution in [-0.2, 0) is 9.59 Å². The molecule has 1 heterocycles. The number of hydrogen-bond donors (Lipinski definition) is 3. The van der Waals surface area contributed by atoms with Crippen molar-refractivity contribution < 1.29 is 24.6 Å². The maximum atomic E-state index is 13.8. The molecular weight excluding hydrogens is 480 g/mol. The van der Waals surface area contributed by atoms with E-state index in [1.807, 2.05) is 20.8 Å². The molecule has 36 heavy (non-hydrogen) atoms. The zero-order valence-electron chi connectivity index (χ0n) is 22.5. The van der Waals surface area contributed by atoms with Crippen molar-refractivity contribution in [3.8, 4) is 12.3 Å². The average Bonchev–Trinajstić information content (AvgIpc) is 3.30. The van der Waals surface area contributed by atoms with E-state index >= 15 is 0 Å². The van der Waals surface area contributed by atoms with E-state index in [1.165, 1.54) is 5.38 Å². The van der Waals surface area contributed by atoms with Crippen molar-refractivity contribution in [3.05, 3.63) is 28.4 Å². The highest BCUT2D eigenvalue weighted by atomic mass is 32.1. The van der Waals surface area contributed by atoms with Crippen molar-refractivity contribution in [1.82, 2.24) is 20.1 Å². The highest BCUT2D eigenvalue weighted by Gasteiger charge is 2.38. The van der Waals surface area contributed by atoms with Crippen molar-refractivity contribution in [1.29, 1.82) is 0 Å². The first-order valence-electron chi connectivity index (χ1n) is 11.9. The van der Waals surface area contributed by atoms with Crippen LogP contribution >= 0.6 is 11.3 Å². The lowest BCUT2D eigenvalue weighted by atomic mass is 9.85. The third-order valence-corrected chi connectivity index (χ3v) is 7.70. The fourth-order valence-electron chi connectivity index (χ4n) is 3.72. The number of carbonyl (C=O) groups excluding carboxylic acids is 2. The smallest absolute Gasteiger partial charge is 0.355 e. The number of rotatable bonds is 13. The lowest BCUT2D eigenvalue weighted by Gasteiger charge is -2.37. The van der Waals surface area contributed by atoms with E-state index in [-0.39, 0.29) is 40.6 Å². The van der Waals surface area contributed by atoms with Crippen LogP contribution in [0, 0.1) is 30.1 Å². The van der Waals surface area contributed by atoms with E-state index in [1.54, 1.807) is 44.8 Å². The first kappa shape index (κ1) is 31.3. The largest absolute Gasteiger partial charge is 0.476 e. The molecule has 3 N–H and O–H groups in total. The first-order valence-corrected chi connectivity index (χ1v) is 12.7. The van der Waals surface area contributed by atoms with E-state index in [9.17, 15) is 19.5 Å². The van der Waals surface area contributed by atoms with Crippen LogP contribution in [0.4, 0.5) is 0 Å². The molecule has 9 nitrogen and oxygen atoms in total. The summed E-state index contributed by atoms with van der Waals surface area (Å²) in [5.74, 6) is -0.522. The number of aromatic nitrogens is 1. The molecule has 2 amide bonds. The zero-order chi connectivity index (χ0) is 28.0. The van der Waals surface area contributed by atoms with Gasteiger partial charge in [-0.05, 0) is 40.3 Å². The Morgan fingerprint density at radius 3 is 2.28 bits per heavy atom. The number of nitrogens with one attached hydrogen (secondary N) is 1. The van der Waals surface area contributed by atoms with Crippen molar-refractivity contribution in [2.45, 2.75) is 65.1 Å². The number of thiazole rings is 1. The summed E-state index contributed by atoms with van der Waals surface area (Å²) >= 11 is 1.06. The van der Waals surface area contributed by atoms with Gasteiger partial charge in [0, 0.05) is 36.5 Å². The maximum Gasteiger partial charge on any atom is 0.355 e.